The van der Waals surface area contributed by atoms with E-state index in [4.69, 9.17) is 4.74 Å². The van der Waals surface area contributed by atoms with E-state index in [0.717, 1.165) is 54.9 Å². The third kappa shape index (κ3) is 7.56. The number of nitrogens with one attached hydrogen (secondary N) is 2. The summed E-state index contributed by atoms with van der Waals surface area (Å²) < 4.78 is 33.6. The number of H-pyrrole nitrogens is 1. The standard InChI is InChI=1S/C30H44FN3O2S/c1-8-11-26(36-27(12-9-2)30(4,5)6)22-14-13-21(17-22)25-18-28(34-33-25)32-24-16-15-20(10-3)23(29(24)31)19-37(7)35/h11-12,15-16,18,21-22H,8-10,13-14,17,19H2,1-7H3,(H2,32,33,34)/b26-11+,27-12+. The molecule has 204 valence electrons. The summed E-state index contributed by atoms with van der Waals surface area (Å²) in [6, 6.07) is 5.63. The first-order valence-corrected chi connectivity index (χ1v) is 15.3. The average Bonchev–Trinajstić information content (AvgIpc) is 3.50. The Hall–Kier alpha value is -2.41. The number of nitrogens with zero attached hydrogens (tertiary/aromatic N) is 1. The van der Waals surface area contributed by atoms with Crippen LogP contribution in [0.5, 0.6) is 0 Å². The van der Waals surface area contributed by atoms with Crippen LogP contribution in [-0.2, 0) is 27.7 Å². The normalized spacial score (nSPS) is 19.8. The second-order valence-corrected chi connectivity index (χ2v) is 12.5. The Labute approximate surface area is 224 Å². The predicted molar refractivity (Wildman–Crippen MR) is 153 cm³/mol. The quantitative estimate of drug-likeness (QED) is 0.288. The number of anilines is 2. The Morgan fingerprint density at radius 2 is 1.95 bits per heavy atom. The molecule has 1 aromatic heterocycles. The molecule has 0 saturated heterocycles. The van der Waals surface area contributed by atoms with Crippen molar-refractivity contribution in [3.05, 3.63) is 64.5 Å². The molecule has 0 radical (unpaired) electrons. The Bertz CT molecular complexity index is 1150. The lowest BCUT2D eigenvalue weighted by molar-refractivity contribution is 0.185. The van der Waals surface area contributed by atoms with Crippen LogP contribution in [0, 0.1) is 17.2 Å². The SMILES string of the molecule is CC/C=C(/O/C(=C/CC)C(C)(C)C)C1CCC(c2cc(Nc3ccc(CC)c(CS(C)=O)c3F)n[nH]2)C1. The highest BCUT2D eigenvalue weighted by Crippen LogP contribution is 2.43. The minimum atomic E-state index is -1.12. The fourth-order valence-electron chi connectivity index (χ4n) is 5.02. The summed E-state index contributed by atoms with van der Waals surface area (Å²) in [7, 11) is -1.12. The van der Waals surface area contributed by atoms with E-state index >= 15 is 4.39 Å². The Kier molecular flexibility index (Phi) is 10.2. The van der Waals surface area contributed by atoms with E-state index in [-0.39, 0.29) is 17.0 Å². The third-order valence-corrected chi connectivity index (χ3v) is 7.66. The highest BCUT2D eigenvalue weighted by atomic mass is 32.2. The minimum Gasteiger partial charge on any atom is -0.466 e. The highest BCUT2D eigenvalue weighted by molar-refractivity contribution is 7.83. The first-order chi connectivity index (χ1) is 17.6. The van der Waals surface area contributed by atoms with Crippen molar-refractivity contribution in [2.45, 2.75) is 91.7 Å². The van der Waals surface area contributed by atoms with Gasteiger partial charge in [0.15, 0.2) is 11.6 Å². The Morgan fingerprint density at radius 3 is 2.57 bits per heavy atom. The number of aromatic nitrogens is 2. The first kappa shape index (κ1) is 29.2. The zero-order valence-electron chi connectivity index (χ0n) is 23.5. The van der Waals surface area contributed by atoms with E-state index in [2.05, 4.69) is 62.3 Å². The van der Waals surface area contributed by atoms with Crippen molar-refractivity contribution in [2.24, 2.45) is 11.3 Å². The number of aryl methyl sites for hydroxylation is 1. The molecular weight excluding hydrogens is 485 g/mol. The van der Waals surface area contributed by atoms with Gasteiger partial charge in [0.1, 0.15) is 11.5 Å². The lowest BCUT2D eigenvalue weighted by Crippen LogP contribution is -2.15. The molecule has 0 amide bonds. The lowest BCUT2D eigenvalue weighted by atomic mass is 9.92. The maximum absolute atomic E-state index is 15.3. The van der Waals surface area contributed by atoms with Crippen molar-refractivity contribution in [1.82, 2.24) is 10.2 Å². The van der Waals surface area contributed by atoms with Gasteiger partial charge < -0.3 is 10.1 Å². The Balaban J connectivity index is 1.73. The van der Waals surface area contributed by atoms with Crippen LogP contribution in [0.1, 0.15) is 96.4 Å². The maximum Gasteiger partial charge on any atom is 0.152 e. The van der Waals surface area contributed by atoms with Crippen LogP contribution in [-0.4, -0.2) is 20.7 Å². The van der Waals surface area contributed by atoms with Crippen molar-refractivity contribution in [2.75, 3.05) is 11.6 Å². The molecule has 1 aliphatic carbocycles. The van der Waals surface area contributed by atoms with E-state index in [1.165, 1.54) is 0 Å². The van der Waals surface area contributed by atoms with Gasteiger partial charge >= 0.3 is 0 Å². The molecule has 0 aliphatic heterocycles. The van der Waals surface area contributed by atoms with Gasteiger partial charge in [-0.1, -0.05) is 47.6 Å². The van der Waals surface area contributed by atoms with E-state index in [9.17, 15) is 4.21 Å². The molecular formula is C30H44FN3O2S. The van der Waals surface area contributed by atoms with Crippen LogP contribution < -0.4 is 5.32 Å². The van der Waals surface area contributed by atoms with Crippen molar-refractivity contribution in [3.8, 4) is 0 Å². The molecule has 0 spiro atoms. The molecule has 3 unspecified atom stereocenters. The largest absolute Gasteiger partial charge is 0.466 e. The second-order valence-electron chi connectivity index (χ2n) is 11.0. The number of halogens is 1. The maximum atomic E-state index is 15.3. The van der Waals surface area contributed by atoms with Gasteiger partial charge in [0.05, 0.1) is 11.4 Å². The number of allylic oxidation sites excluding steroid dienone is 4. The molecule has 1 fully saturated rings. The summed E-state index contributed by atoms with van der Waals surface area (Å²) >= 11 is 0. The molecule has 0 bridgehead atoms. The van der Waals surface area contributed by atoms with E-state index in [1.54, 1.807) is 12.3 Å². The fraction of sp³-hybridized carbons (Fsp3) is 0.567. The summed E-state index contributed by atoms with van der Waals surface area (Å²) in [6.45, 7) is 12.9. The zero-order chi connectivity index (χ0) is 27.2. The number of hydrogen-bond acceptors (Lipinski definition) is 4. The number of rotatable bonds is 11. The minimum absolute atomic E-state index is 0.0402. The third-order valence-electron chi connectivity index (χ3n) is 6.97. The summed E-state index contributed by atoms with van der Waals surface area (Å²) in [5.74, 6) is 3.28. The molecule has 7 heteroatoms. The van der Waals surface area contributed by atoms with Crippen LogP contribution in [0.25, 0.3) is 0 Å². The van der Waals surface area contributed by atoms with Gasteiger partial charge in [0, 0.05) is 51.6 Å². The fourth-order valence-corrected chi connectivity index (χ4v) is 5.74. The average molecular weight is 530 g/mol. The van der Waals surface area contributed by atoms with Crippen LogP contribution >= 0.6 is 0 Å². The van der Waals surface area contributed by atoms with Gasteiger partial charge in [-0.2, -0.15) is 5.10 Å². The van der Waals surface area contributed by atoms with E-state index in [0.29, 0.717) is 35.3 Å². The lowest BCUT2D eigenvalue weighted by Gasteiger charge is -2.27. The van der Waals surface area contributed by atoms with Gasteiger partial charge in [0.2, 0.25) is 0 Å². The van der Waals surface area contributed by atoms with E-state index in [1.807, 2.05) is 19.1 Å². The van der Waals surface area contributed by atoms with Gasteiger partial charge in [0.25, 0.3) is 0 Å². The molecule has 1 heterocycles. The second kappa shape index (κ2) is 12.9. The van der Waals surface area contributed by atoms with Crippen molar-refractivity contribution in [1.29, 1.82) is 0 Å². The summed E-state index contributed by atoms with van der Waals surface area (Å²) in [5.41, 5.74) is 2.78. The molecule has 3 rings (SSSR count). The first-order valence-electron chi connectivity index (χ1n) is 13.6. The summed E-state index contributed by atoms with van der Waals surface area (Å²) in [5, 5.41) is 10.7. The molecule has 2 N–H and O–H groups in total. The predicted octanol–water partition coefficient (Wildman–Crippen LogP) is 8.27. The number of ether oxygens (including phenoxy) is 1. The zero-order valence-corrected chi connectivity index (χ0v) is 24.4. The van der Waals surface area contributed by atoms with Gasteiger partial charge in [-0.25, -0.2) is 4.39 Å². The topological polar surface area (TPSA) is 67.0 Å². The van der Waals surface area contributed by atoms with Crippen LogP contribution in [0.3, 0.4) is 0 Å². The van der Waals surface area contributed by atoms with Gasteiger partial charge in [-0.3, -0.25) is 9.31 Å². The number of hydrogen-bond donors (Lipinski definition) is 2. The van der Waals surface area contributed by atoms with Crippen molar-refractivity contribution in [3.63, 3.8) is 0 Å². The van der Waals surface area contributed by atoms with Crippen molar-refractivity contribution < 1.29 is 13.3 Å². The number of benzene rings is 1. The molecule has 1 aromatic carbocycles. The summed E-state index contributed by atoms with van der Waals surface area (Å²) in [6.07, 6.45) is 11.7. The van der Waals surface area contributed by atoms with Gasteiger partial charge in [-0.15, -0.1) is 0 Å². The van der Waals surface area contributed by atoms with Crippen LogP contribution in [0.15, 0.2) is 41.9 Å². The molecule has 1 aliphatic rings. The summed E-state index contributed by atoms with van der Waals surface area (Å²) in [4.78, 5) is 0. The monoisotopic (exact) mass is 529 g/mol. The molecule has 2 aromatic rings. The van der Waals surface area contributed by atoms with Crippen molar-refractivity contribution >= 4 is 22.3 Å². The molecule has 3 atom stereocenters. The molecule has 5 nitrogen and oxygen atoms in total. The van der Waals surface area contributed by atoms with Gasteiger partial charge in [-0.05, 0) is 62.3 Å². The van der Waals surface area contributed by atoms with Crippen LogP contribution in [0.4, 0.5) is 15.9 Å². The Morgan fingerprint density at radius 1 is 1.22 bits per heavy atom. The smallest absolute Gasteiger partial charge is 0.152 e. The molecule has 37 heavy (non-hydrogen) atoms. The van der Waals surface area contributed by atoms with Crippen LogP contribution in [0.2, 0.25) is 0 Å². The van der Waals surface area contributed by atoms with E-state index < -0.39 is 10.8 Å². The highest BCUT2D eigenvalue weighted by Gasteiger charge is 2.32. The molecule has 1 saturated carbocycles. The number of aromatic amines is 1.